The van der Waals surface area contributed by atoms with E-state index in [1.807, 2.05) is 72.8 Å². The zero-order chi connectivity index (χ0) is 21.8. The number of rotatable bonds is 6. The number of carbonyl (C=O) groups excluding carboxylic acids is 2. The molecular formula is C26H25NO4. The average Bonchev–Trinajstić information content (AvgIpc) is 2.80. The summed E-state index contributed by atoms with van der Waals surface area (Å²) in [5, 5.41) is 2.88. The molecule has 0 saturated heterocycles. The summed E-state index contributed by atoms with van der Waals surface area (Å²) in [4.78, 5) is 25.6. The number of fused-ring (bicyclic) bond motifs is 2. The normalized spacial score (nSPS) is 13.4. The van der Waals surface area contributed by atoms with Crippen molar-refractivity contribution >= 4 is 17.6 Å². The highest BCUT2D eigenvalue weighted by Gasteiger charge is 2.33. The van der Waals surface area contributed by atoms with Gasteiger partial charge in [-0.1, -0.05) is 68.4 Å². The molecule has 1 aliphatic heterocycles. The molecule has 1 aliphatic rings. The van der Waals surface area contributed by atoms with E-state index in [4.69, 9.17) is 9.47 Å². The Kier molecular flexibility index (Phi) is 6.03. The van der Waals surface area contributed by atoms with Crippen molar-refractivity contribution in [1.29, 1.82) is 0 Å². The molecule has 158 valence electrons. The second-order valence-corrected chi connectivity index (χ2v) is 7.66. The second-order valence-electron chi connectivity index (χ2n) is 7.66. The minimum Gasteiger partial charge on any atom is -0.457 e. The van der Waals surface area contributed by atoms with E-state index in [-0.39, 0.29) is 12.5 Å². The summed E-state index contributed by atoms with van der Waals surface area (Å²) in [5.74, 6) is 0.0760. The molecule has 3 aromatic carbocycles. The van der Waals surface area contributed by atoms with Crippen molar-refractivity contribution in [3.05, 3.63) is 89.5 Å². The van der Waals surface area contributed by atoms with E-state index in [0.717, 1.165) is 28.8 Å². The molecule has 5 nitrogen and oxygen atoms in total. The number of anilines is 1. The first-order valence-corrected chi connectivity index (χ1v) is 10.5. The third-order valence-corrected chi connectivity index (χ3v) is 5.64. The first-order valence-electron chi connectivity index (χ1n) is 10.5. The summed E-state index contributed by atoms with van der Waals surface area (Å²) in [6.45, 7) is 3.87. The number of amides is 1. The van der Waals surface area contributed by atoms with Crippen LogP contribution in [-0.2, 0) is 14.3 Å². The zero-order valence-corrected chi connectivity index (χ0v) is 17.6. The van der Waals surface area contributed by atoms with Gasteiger partial charge < -0.3 is 14.8 Å². The second kappa shape index (κ2) is 9.04. The average molecular weight is 415 g/mol. The van der Waals surface area contributed by atoms with Crippen LogP contribution >= 0.6 is 0 Å². The fraction of sp³-hybridized carbons (Fsp3) is 0.231. The lowest BCUT2D eigenvalue weighted by atomic mass is 9.88. The van der Waals surface area contributed by atoms with Crippen molar-refractivity contribution in [2.24, 2.45) is 0 Å². The van der Waals surface area contributed by atoms with Crippen LogP contribution in [0.15, 0.2) is 72.8 Å². The van der Waals surface area contributed by atoms with Crippen LogP contribution < -0.4 is 10.1 Å². The third-order valence-electron chi connectivity index (χ3n) is 5.64. The summed E-state index contributed by atoms with van der Waals surface area (Å²) in [6, 6.07) is 22.5. The number of hydrogen-bond acceptors (Lipinski definition) is 4. The van der Waals surface area contributed by atoms with E-state index in [1.54, 1.807) is 0 Å². The van der Waals surface area contributed by atoms with Crippen LogP contribution in [0.25, 0.3) is 0 Å². The Morgan fingerprint density at radius 3 is 2.16 bits per heavy atom. The maximum atomic E-state index is 13.0. The molecule has 3 aromatic rings. The first kappa shape index (κ1) is 20.7. The van der Waals surface area contributed by atoms with E-state index in [0.29, 0.717) is 17.4 Å². The summed E-state index contributed by atoms with van der Waals surface area (Å²) < 4.78 is 11.4. The fourth-order valence-electron chi connectivity index (χ4n) is 3.83. The van der Waals surface area contributed by atoms with Gasteiger partial charge in [-0.2, -0.15) is 0 Å². The van der Waals surface area contributed by atoms with Gasteiger partial charge in [0, 0.05) is 16.8 Å². The van der Waals surface area contributed by atoms with Crippen LogP contribution in [0.2, 0.25) is 0 Å². The first-order chi connectivity index (χ1) is 15.1. The monoisotopic (exact) mass is 415 g/mol. The fourth-order valence-corrected chi connectivity index (χ4v) is 3.83. The van der Waals surface area contributed by atoms with Crippen LogP contribution in [0.4, 0.5) is 5.69 Å². The highest BCUT2D eigenvalue weighted by molar-refractivity contribution is 5.94. The molecule has 0 bridgehead atoms. The van der Waals surface area contributed by atoms with E-state index in [9.17, 15) is 9.59 Å². The van der Waals surface area contributed by atoms with Crippen LogP contribution in [0.5, 0.6) is 11.5 Å². The van der Waals surface area contributed by atoms with Crippen molar-refractivity contribution in [1.82, 2.24) is 0 Å². The van der Waals surface area contributed by atoms with Gasteiger partial charge in [0.05, 0.1) is 0 Å². The Morgan fingerprint density at radius 2 is 1.52 bits per heavy atom. The Balaban J connectivity index is 1.48. The molecule has 1 heterocycles. The predicted molar refractivity (Wildman–Crippen MR) is 120 cm³/mol. The van der Waals surface area contributed by atoms with Gasteiger partial charge in [-0.15, -0.1) is 0 Å². The summed E-state index contributed by atoms with van der Waals surface area (Å²) in [7, 11) is 0. The highest BCUT2D eigenvalue weighted by Crippen LogP contribution is 2.44. The highest BCUT2D eigenvalue weighted by atomic mass is 16.5. The molecule has 0 unspecified atom stereocenters. The molecule has 1 N–H and O–H groups in total. The van der Waals surface area contributed by atoms with Crippen LogP contribution in [0.3, 0.4) is 0 Å². The van der Waals surface area contributed by atoms with Crippen molar-refractivity contribution in [3.8, 4) is 11.5 Å². The zero-order valence-electron chi connectivity index (χ0n) is 17.6. The summed E-state index contributed by atoms with van der Waals surface area (Å²) >= 11 is 0. The third kappa shape index (κ3) is 4.31. The number of benzene rings is 3. The molecule has 5 heteroatoms. The van der Waals surface area contributed by atoms with Gasteiger partial charge >= 0.3 is 5.97 Å². The molecule has 1 atom stereocenters. The minimum atomic E-state index is -0.638. The van der Waals surface area contributed by atoms with E-state index >= 15 is 0 Å². The largest absolute Gasteiger partial charge is 0.457 e. The summed E-state index contributed by atoms with van der Waals surface area (Å²) in [5.41, 5.74) is 3.28. The predicted octanol–water partition coefficient (Wildman–Crippen LogP) is 5.62. The standard InChI is InChI=1S/C26H25NO4/c1-3-17(2)18-10-4-7-13-21(18)27-24(28)16-30-26(29)25-19-11-5-8-14-22(19)31-23-15-9-6-12-20(23)25/h4-15,17,25H,3,16H2,1-2H3,(H,27,28)/t17-/m0/s1. The Labute approximate surface area is 182 Å². The lowest BCUT2D eigenvalue weighted by molar-refractivity contribution is -0.148. The Bertz CT molecular complexity index is 1060. The molecule has 0 fully saturated rings. The van der Waals surface area contributed by atoms with E-state index in [1.165, 1.54) is 0 Å². The molecule has 31 heavy (non-hydrogen) atoms. The number of para-hydroxylation sites is 3. The van der Waals surface area contributed by atoms with Crippen molar-refractivity contribution in [2.45, 2.75) is 32.1 Å². The van der Waals surface area contributed by atoms with Gasteiger partial charge in [0.25, 0.3) is 5.91 Å². The van der Waals surface area contributed by atoms with Crippen molar-refractivity contribution in [2.75, 3.05) is 11.9 Å². The number of hydrogen-bond donors (Lipinski definition) is 1. The molecule has 0 aromatic heterocycles. The quantitative estimate of drug-likeness (QED) is 0.531. The number of esters is 1. The minimum absolute atomic E-state index is 0.314. The van der Waals surface area contributed by atoms with Gasteiger partial charge in [0.15, 0.2) is 6.61 Å². The van der Waals surface area contributed by atoms with E-state index in [2.05, 4.69) is 19.2 Å². The number of nitrogens with one attached hydrogen (secondary N) is 1. The Morgan fingerprint density at radius 1 is 0.935 bits per heavy atom. The number of ether oxygens (including phenoxy) is 2. The Hall–Kier alpha value is -3.60. The van der Waals surface area contributed by atoms with Gasteiger partial charge in [0.2, 0.25) is 0 Å². The summed E-state index contributed by atoms with van der Waals surface area (Å²) in [6.07, 6.45) is 0.963. The maximum absolute atomic E-state index is 13.0. The van der Waals surface area contributed by atoms with E-state index < -0.39 is 11.9 Å². The van der Waals surface area contributed by atoms with Crippen LogP contribution in [0, 0.1) is 0 Å². The van der Waals surface area contributed by atoms with Crippen LogP contribution in [0.1, 0.15) is 48.8 Å². The molecule has 1 amide bonds. The van der Waals surface area contributed by atoms with Gasteiger partial charge in [-0.3, -0.25) is 9.59 Å². The molecule has 4 rings (SSSR count). The van der Waals surface area contributed by atoms with Crippen molar-refractivity contribution < 1.29 is 19.1 Å². The molecule has 0 radical (unpaired) electrons. The lowest BCUT2D eigenvalue weighted by Gasteiger charge is -2.26. The maximum Gasteiger partial charge on any atom is 0.318 e. The molecule has 0 spiro atoms. The van der Waals surface area contributed by atoms with Gasteiger partial charge in [-0.25, -0.2) is 0 Å². The topological polar surface area (TPSA) is 64.6 Å². The van der Waals surface area contributed by atoms with Gasteiger partial charge in [0.1, 0.15) is 17.4 Å². The van der Waals surface area contributed by atoms with Crippen LogP contribution in [-0.4, -0.2) is 18.5 Å². The lowest BCUT2D eigenvalue weighted by Crippen LogP contribution is -2.26. The smallest absolute Gasteiger partial charge is 0.318 e. The molecule has 0 aliphatic carbocycles. The molecular weight excluding hydrogens is 390 g/mol. The SMILES string of the molecule is CC[C@H](C)c1ccccc1NC(=O)COC(=O)C1c2ccccc2Oc2ccccc21. The van der Waals surface area contributed by atoms with Crippen molar-refractivity contribution in [3.63, 3.8) is 0 Å². The number of carbonyl (C=O) groups is 2. The molecule has 0 saturated carbocycles. The van der Waals surface area contributed by atoms with Gasteiger partial charge in [-0.05, 0) is 36.1 Å².